The van der Waals surface area contributed by atoms with Crippen LogP contribution in [0.5, 0.6) is 0 Å². The van der Waals surface area contributed by atoms with Gasteiger partial charge in [-0.1, -0.05) is 48.5 Å². The van der Waals surface area contributed by atoms with E-state index in [1.54, 1.807) is 11.8 Å². The Labute approximate surface area is 187 Å². The quantitative estimate of drug-likeness (QED) is 0.721. The maximum atomic E-state index is 12.5. The molecule has 2 aliphatic rings. The highest BCUT2D eigenvalue weighted by molar-refractivity contribution is 5.80. The van der Waals surface area contributed by atoms with Crippen LogP contribution >= 0.6 is 0 Å². The number of nitrogens with zero attached hydrogens (tertiary/aromatic N) is 1. The molecule has 0 aromatic heterocycles. The van der Waals surface area contributed by atoms with Crippen LogP contribution in [0, 0.1) is 5.41 Å². The minimum atomic E-state index is -0.909. The van der Waals surface area contributed by atoms with Gasteiger partial charge in [0.15, 0.2) is 0 Å². The van der Waals surface area contributed by atoms with Crippen LogP contribution in [0.2, 0.25) is 0 Å². The van der Waals surface area contributed by atoms with E-state index in [0.717, 1.165) is 22.3 Å². The van der Waals surface area contributed by atoms with Crippen LogP contribution in [0.3, 0.4) is 0 Å². The highest BCUT2D eigenvalue weighted by Gasteiger charge is 2.39. The Bertz CT molecular complexity index is 991. The summed E-state index contributed by atoms with van der Waals surface area (Å²) in [6.45, 7) is 2.79. The number of ether oxygens (including phenoxy) is 1. The van der Waals surface area contributed by atoms with E-state index in [4.69, 9.17) is 4.74 Å². The Kier molecular flexibility index (Phi) is 6.17. The van der Waals surface area contributed by atoms with Gasteiger partial charge in [0.25, 0.3) is 0 Å². The Hall–Kier alpha value is -3.35. The first-order chi connectivity index (χ1) is 15.4. The maximum Gasteiger partial charge on any atom is 0.407 e. The molecule has 0 saturated carbocycles. The zero-order chi connectivity index (χ0) is 22.7. The van der Waals surface area contributed by atoms with E-state index in [2.05, 4.69) is 29.6 Å². The molecule has 4 rings (SSSR count). The molecule has 0 radical (unpaired) electrons. The van der Waals surface area contributed by atoms with Crippen LogP contribution in [0.25, 0.3) is 11.1 Å². The Balaban J connectivity index is 1.27. The first-order valence-electron chi connectivity index (χ1n) is 11.0. The molecule has 1 aliphatic carbocycles. The summed E-state index contributed by atoms with van der Waals surface area (Å²) in [6.07, 6.45) is 0.770. The predicted octanol–water partition coefficient (Wildman–Crippen LogP) is 3.63. The number of carbonyl (C=O) groups is 3. The molecule has 0 bridgehead atoms. The number of amides is 2. The summed E-state index contributed by atoms with van der Waals surface area (Å²) < 4.78 is 5.48. The van der Waals surface area contributed by atoms with E-state index in [1.165, 1.54) is 0 Å². The summed E-state index contributed by atoms with van der Waals surface area (Å²) in [6, 6.07) is 16.3. The number of aliphatic carboxylic acids is 1. The van der Waals surface area contributed by atoms with Gasteiger partial charge in [0.2, 0.25) is 5.91 Å². The average molecular weight is 437 g/mol. The summed E-state index contributed by atoms with van der Waals surface area (Å²) in [7, 11) is 0. The lowest BCUT2D eigenvalue weighted by Gasteiger charge is -2.37. The topological polar surface area (TPSA) is 95.9 Å². The first kappa shape index (κ1) is 21.9. The Morgan fingerprint density at radius 3 is 2.34 bits per heavy atom. The number of piperidine rings is 1. The van der Waals surface area contributed by atoms with Gasteiger partial charge in [0, 0.05) is 32.0 Å². The molecule has 1 aliphatic heterocycles. The highest BCUT2D eigenvalue weighted by Crippen LogP contribution is 2.44. The summed E-state index contributed by atoms with van der Waals surface area (Å²) in [5, 5.41) is 12.0. The molecule has 7 nitrogen and oxygen atoms in total. The second-order valence-corrected chi connectivity index (χ2v) is 8.79. The third kappa shape index (κ3) is 4.33. The van der Waals surface area contributed by atoms with Crippen molar-refractivity contribution >= 4 is 18.0 Å². The van der Waals surface area contributed by atoms with Gasteiger partial charge in [0.05, 0.1) is 5.41 Å². The van der Waals surface area contributed by atoms with Gasteiger partial charge >= 0.3 is 12.1 Å². The normalized spacial score (nSPS) is 19.7. The number of benzene rings is 2. The van der Waals surface area contributed by atoms with Gasteiger partial charge in [-0.15, -0.1) is 0 Å². The molecule has 0 spiro atoms. The second-order valence-electron chi connectivity index (χ2n) is 8.79. The van der Waals surface area contributed by atoms with Gasteiger partial charge in [0.1, 0.15) is 6.61 Å². The summed E-state index contributed by atoms with van der Waals surface area (Å²) >= 11 is 0. The van der Waals surface area contributed by atoms with Gasteiger partial charge < -0.3 is 20.1 Å². The van der Waals surface area contributed by atoms with E-state index >= 15 is 0 Å². The zero-order valence-electron chi connectivity index (χ0n) is 18.2. The van der Waals surface area contributed by atoms with E-state index < -0.39 is 17.5 Å². The molecule has 1 fully saturated rings. The van der Waals surface area contributed by atoms with Gasteiger partial charge in [-0.25, -0.2) is 4.79 Å². The van der Waals surface area contributed by atoms with E-state index in [9.17, 15) is 19.5 Å². The number of nitrogens with one attached hydrogen (secondary N) is 1. The van der Waals surface area contributed by atoms with Crippen molar-refractivity contribution in [2.45, 2.75) is 32.1 Å². The number of rotatable bonds is 6. The Morgan fingerprint density at radius 2 is 1.72 bits per heavy atom. The number of carboxylic acid groups (broad SMARTS) is 1. The predicted molar refractivity (Wildman–Crippen MR) is 119 cm³/mol. The Morgan fingerprint density at radius 1 is 1.09 bits per heavy atom. The smallest absolute Gasteiger partial charge is 0.407 e. The minimum absolute atomic E-state index is 0.0168. The summed E-state index contributed by atoms with van der Waals surface area (Å²) in [5.41, 5.74) is 3.70. The lowest BCUT2D eigenvalue weighted by atomic mass is 9.82. The van der Waals surface area contributed by atoms with Crippen LogP contribution in [0.1, 0.15) is 43.2 Å². The number of likely N-dealkylation sites (tertiary alicyclic amines) is 1. The molecule has 32 heavy (non-hydrogen) atoms. The number of hydrogen-bond acceptors (Lipinski definition) is 4. The standard InChI is InChI=1S/C25H28N2O5/c1-25(23(29)30)12-6-14-27(16-25)22(28)11-13-26-24(31)32-15-21-19-9-4-2-7-17(19)18-8-3-5-10-20(18)21/h2-5,7-10,21H,6,11-16H2,1H3,(H,26,31)(H,29,30). The molecule has 2 aromatic carbocycles. The highest BCUT2D eigenvalue weighted by atomic mass is 16.5. The molecule has 168 valence electrons. The largest absolute Gasteiger partial charge is 0.481 e. The molecule has 2 N–H and O–H groups in total. The molecule has 1 heterocycles. The molecular weight excluding hydrogens is 408 g/mol. The van der Waals surface area contributed by atoms with Crippen molar-refractivity contribution < 1.29 is 24.2 Å². The SMILES string of the molecule is CC1(C(=O)O)CCCN(C(=O)CCNC(=O)OCC2c3ccccc3-c3ccccc32)C1. The van der Waals surface area contributed by atoms with Crippen molar-refractivity contribution in [3.05, 3.63) is 59.7 Å². The van der Waals surface area contributed by atoms with Crippen LogP contribution in [0.4, 0.5) is 4.79 Å². The number of carbonyl (C=O) groups excluding carboxylic acids is 2. The molecule has 1 atom stereocenters. The minimum Gasteiger partial charge on any atom is -0.481 e. The lowest BCUT2D eigenvalue weighted by molar-refractivity contribution is -0.153. The number of hydrogen-bond donors (Lipinski definition) is 2. The number of fused-ring (bicyclic) bond motifs is 3. The third-order valence-electron chi connectivity index (χ3n) is 6.52. The van der Waals surface area contributed by atoms with Gasteiger partial charge in [-0.2, -0.15) is 0 Å². The number of alkyl carbamates (subject to hydrolysis) is 1. The van der Waals surface area contributed by atoms with Crippen molar-refractivity contribution in [2.75, 3.05) is 26.2 Å². The molecule has 1 saturated heterocycles. The van der Waals surface area contributed by atoms with E-state index in [-0.39, 0.29) is 37.9 Å². The van der Waals surface area contributed by atoms with Crippen molar-refractivity contribution in [1.82, 2.24) is 10.2 Å². The lowest BCUT2D eigenvalue weighted by Crippen LogP contribution is -2.48. The second kappa shape index (κ2) is 9.02. The first-order valence-corrected chi connectivity index (χ1v) is 11.0. The number of carboxylic acids is 1. The van der Waals surface area contributed by atoms with Crippen molar-refractivity contribution in [3.8, 4) is 11.1 Å². The molecule has 2 aromatic rings. The monoisotopic (exact) mass is 436 g/mol. The van der Waals surface area contributed by atoms with Crippen molar-refractivity contribution in [1.29, 1.82) is 0 Å². The molecule has 7 heteroatoms. The zero-order valence-corrected chi connectivity index (χ0v) is 18.2. The fourth-order valence-electron chi connectivity index (χ4n) is 4.71. The van der Waals surface area contributed by atoms with E-state index in [0.29, 0.717) is 19.4 Å². The molecular formula is C25H28N2O5. The third-order valence-corrected chi connectivity index (χ3v) is 6.52. The average Bonchev–Trinajstić information content (AvgIpc) is 3.11. The van der Waals surface area contributed by atoms with Crippen LogP contribution in [-0.2, 0) is 14.3 Å². The maximum absolute atomic E-state index is 12.5. The van der Waals surface area contributed by atoms with Crippen molar-refractivity contribution in [2.24, 2.45) is 5.41 Å². The molecule has 2 amide bonds. The van der Waals surface area contributed by atoms with Crippen LogP contribution in [-0.4, -0.2) is 54.2 Å². The van der Waals surface area contributed by atoms with Crippen LogP contribution in [0.15, 0.2) is 48.5 Å². The fourth-order valence-corrected chi connectivity index (χ4v) is 4.71. The van der Waals surface area contributed by atoms with Crippen molar-refractivity contribution in [3.63, 3.8) is 0 Å². The van der Waals surface area contributed by atoms with E-state index in [1.807, 2.05) is 24.3 Å². The fraction of sp³-hybridized carbons (Fsp3) is 0.400. The van der Waals surface area contributed by atoms with Gasteiger partial charge in [-0.05, 0) is 42.0 Å². The summed E-state index contributed by atoms with van der Waals surface area (Å²) in [5.74, 6) is -1.06. The van der Waals surface area contributed by atoms with Gasteiger partial charge in [-0.3, -0.25) is 9.59 Å². The molecule has 1 unspecified atom stereocenters. The van der Waals surface area contributed by atoms with Crippen LogP contribution < -0.4 is 5.32 Å². The summed E-state index contributed by atoms with van der Waals surface area (Å²) in [4.78, 5) is 37.8.